The molecule has 1 unspecified atom stereocenters. The summed E-state index contributed by atoms with van der Waals surface area (Å²) in [5.74, 6) is 0.809. The number of fused-ring (bicyclic) bond motifs is 1. The maximum absolute atomic E-state index is 11.6. The summed E-state index contributed by atoms with van der Waals surface area (Å²) < 4.78 is 10.1. The fourth-order valence-corrected chi connectivity index (χ4v) is 2.43. The molecule has 1 aromatic carbocycles. The van der Waals surface area contributed by atoms with Gasteiger partial charge in [-0.25, -0.2) is 0 Å². The average Bonchev–Trinajstić information content (AvgIpc) is 2.38. The van der Waals surface area contributed by atoms with E-state index >= 15 is 0 Å². The number of aryl methyl sites for hydroxylation is 1. The third-order valence-corrected chi connectivity index (χ3v) is 3.28. The van der Waals surface area contributed by atoms with Crippen LogP contribution in [0.4, 0.5) is 0 Å². The van der Waals surface area contributed by atoms with Gasteiger partial charge >= 0.3 is 0 Å². The first-order valence-electron chi connectivity index (χ1n) is 6.19. The molecule has 4 heteroatoms. The molecule has 0 aliphatic heterocycles. The summed E-state index contributed by atoms with van der Waals surface area (Å²) in [4.78, 5) is 11.6. The number of benzene rings is 1. The lowest BCUT2D eigenvalue weighted by atomic mass is 9.87. The molecule has 1 amide bonds. The normalized spacial score (nSPS) is 18.0. The van der Waals surface area contributed by atoms with Crippen molar-refractivity contribution < 1.29 is 14.3 Å². The first kappa shape index (κ1) is 12.9. The summed E-state index contributed by atoms with van der Waals surface area (Å²) in [6, 6.07) is 6.15. The Morgan fingerprint density at radius 1 is 1.44 bits per heavy atom. The van der Waals surface area contributed by atoms with Gasteiger partial charge in [0.1, 0.15) is 12.4 Å². The maximum Gasteiger partial charge on any atom is 0.246 e. The van der Waals surface area contributed by atoms with E-state index in [0.29, 0.717) is 0 Å². The Morgan fingerprint density at radius 3 is 3.00 bits per heavy atom. The number of amides is 1. The SMILES string of the molecule is COCC(=O)NC1CCCc2cc(OC)ccc21. The Kier molecular flexibility index (Phi) is 4.20. The van der Waals surface area contributed by atoms with E-state index in [2.05, 4.69) is 11.4 Å². The molecule has 1 aromatic rings. The standard InChI is InChI=1S/C14H19NO3/c1-17-9-14(16)15-13-5-3-4-10-8-11(18-2)6-7-12(10)13/h6-8,13H,3-5,9H2,1-2H3,(H,15,16). The van der Waals surface area contributed by atoms with Crippen LogP contribution in [-0.2, 0) is 16.0 Å². The van der Waals surface area contributed by atoms with Crippen LogP contribution in [0.5, 0.6) is 5.75 Å². The van der Waals surface area contributed by atoms with E-state index in [1.807, 2.05) is 12.1 Å². The van der Waals surface area contributed by atoms with Crippen LogP contribution < -0.4 is 10.1 Å². The van der Waals surface area contributed by atoms with Crippen molar-refractivity contribution in [1.29, 1.82) is 0 Å². The number of hydrogen-bond donors (Lipinski definition) is 1. The van der Waals surface area contributed by atoms with Crippen molar-refractivity contribution >= 4 is 5.91 Å². The second-order valence-electron chi connectivity index (χ2n) is 4.51. The summed E-state index contributed by atoms with van der Waals surface area (Å²) in [7, 11) is 3.20. The van der Waals surface area contributed by atoms with Gasteiger partial charge in [-0.3, -0.25) is 4.79 Å². The van der Waals surface area contributed by atoms with E-state index in [-0.39, 0.29) is 18.6 Å². The minimum Gasteiger partial charge on any atom is -0.497 e. The predicted octanol–water partition coefficient (Wildman–Crippen LogP) is 1.84. The molecule has 1 N–H and O–H groups in total. The van der Waals surface area contributed by atoms with Crippen molar-refractivity contribution in [1.82, 2.24) is 5.32 Å². The number of carbonyl (C=O) groups is 1. The van der Waals surface area contributed by atoms with Gasteiger partial charge in [0.2, 0.25) is 5.91 Å². The molecule has 1 atom stereocenters. The van der Waals surface area contributed by atoms with Gasteiger partial charge < -0.3 is 14.8 Å². The highest BCUT2D eigenvalue weighted by atomic mass is 16.5. The van der Waals surface area contributed by atoms with E-state index in [1.54, 1.807) is 7.11 Å². The van der Waals surface area contributed by atoms with Gasteiger partial charge in [-0.15, -0.1) is 0 Å². The summed E-state index contributed by atoms with van der Waals surface area (Å²) in [6.07, 6.45) is 3.11. The van der Waals surface area contributed by atoms with Crippen molar-refractivity contribution in [2.75, 3.05) is 20.8 Å². The zero-order valence-corrected chi connectivity index (χ0v) is 10.9. The van der Waals surface area contributed by atoms with Crippen LogP contribution in [0.3, 0.4) is 0 Å². The first-order valence-corrected chi connectivity index (χ1v) is 6.19. The molecular weight excluding hydrogens is 230 g/mol. The van der Waals surface area contributed by atoms with Gasteiger partial charge in [0, 0.05) is 7.11 Å². The number of ether oxygens (including phenoxy) is 2. The molecule has 0 aromatic heterocycles. The molecule has 98 valence electrons. The largest absolute Gasteiger partial charge is 0.497 e. The lowest BCUT2D eigenvalue weighted by Gasteiger charge is -2.26. The van der Waals surface area contributed by atoms with Crippen LogP contribution in [0.1, 0.15) is 30.0 Å². The molecule has 0 fully saturated rings. The Balaban J connectivity index is 2.15. The minimum atomic E-state index is -0.0637. The van der Waals surface area contributed by atoms with Gasteiger partial charge in [-0.2, -0.15) is 0 Å². The second-order valence-corrected chi connectivity index (χ2v) is 4.51. The minimum absolute atomic E-state index is 0.0637. The zero-order chi connectivity index (χ0) is 13.0. The van der Waals surface area contributed by atoms with Crippen molar-refractivity contribution in [3.05, 3.63) is 29.3 Å². The Hall–Kier alpha value is -1.55. The fraction of sp³-hybridized carbons (Fsp3) is 0.500. The van der Waals surface area contributed by atoms with Crippen LogP contribution in [-0.4, -0.2) is 26.7 Å². The highest BCUT2D eigenvalue weighted by Crippen LogP contribution is 2.32. The number of carbonyl (C=O) groups excluding carboxylic acids is 1. The summed E-state index contributed by atoms with van der Waals surface area (Å²) in [6.45, 7) is 0.113. The molecule has 2 rings (SSSR count). The molecule has 0 spiro atoms. The van der Waals surface area contributed by atoms with Crippen LogP contribution in [0.15, 0.2) is 18.2 Å². The van der Waals surface area contributed by atoms with Gasteiger partial charge in [-0.05, 0) is 42.5 Å². The summed E-state index contributed by atoms with van der Waals surface area (Å²) >= 11 is 0. The van der Waals surface area contributed by atoms with Gasteiger partial charge in [0.25, 0.3) is 0 Å². The smallest absolute Gasteiger partial charge is 0.246 e. The lowest BCUT2D eigenvalue weighted by Crippen LogP contribution is -2.33. The van der Waals surface area contributed by atoms with Crippen molar-refractivity contribution in [3.8, 4) is 5.75 Å². The predicted molar refractivity (Wildman–Crippen MR) is 68.7 cm³/mol. The van der Waals surface area contributed by atoms with E-state index in [0.717, 1.165) is 25.0 Å². The van der Waals surface area contributed by atoms with E-state index in [9.17, 15) is 4.79 Å². The van der Waals surface area contributed by atoms with Crippen molar-refractivity contribution in [2.24, 2.45) is 0 Å². The monoisotopic (exact) mass is 249 g/mol. The zero-order valence-electron chi connectivity index (χ0n) is 10.9. The molecule has 0 saturated heterocycles. The van der Waals surface area contributed by atoms with E-state index < -0.39 is 0 Å². The van der Waals surface area contributed by atoms with Crippen molar-refractivity contribution in [3.63, 3.8) is 0 Å². The fourth-order valence-electron chi connectivity index (χ4n) is 2.43. The first-order chi connectivity index (χ1) is 8.74. The highest BCUT2D eigenvalue weighted by Gasteiger charge is 2.21. The Bertz CT molecular complexity index is 431. The number of methoxy groups -OCH3 is 2. The molecule has 1 aliphatic carbocycles. The number of nitrogens with one attached hydrogen (secondary N) is 1. The molecular formula is C14H19NO3. The van der Waals surface area contributed by atoms with Gasteiger partial charge in [0.05, 0.1) is 13.2 Å². The van der Waals surface area contributed by atoms with Gasteiger partial charge in [0.15, 0.2) is 0 Å². The topological polar surface area (TPSA) is 47.6 Å². The molecule has 0 radical (unpaired) electrons. The third kappa shape index (κ3) is 2.82. The van der Waals surface area contributed by atoms with E-state index in [4.69, 9.17) is 9.47 Å². The lowest BCUT2D eigenvalue weighted by molar-refractivity contribution is -0.125. The highest BCUT2D eigenvalue weighted by molar-refractivity contribution is 5.77. The van der Waals surface area contributed by atoms with Crippen molar-refractivity contribution in [2.45, 2.75) is 25.3 Å². The molecule has 0 heterocycles. The maximum atomic E-state index is 11.6. The molecule has 1 aliphatic rings. The van der Waals surface area contributed by atoms with Crippen LogP contribution in [0.25, 0.3) is 0 Å². The molecule has 0 bridgehead atoms. The quantitative estimate of drug-likeness (QED) is 0.885. The number of rotatable bonds is 4. The third-order valence-electron chi connectivity index (χ3n) is 3.28. The summed E-state index contributed by atoms with van der Waals surface area (Å²) in [5, 5.41) is 3.01. The van der Waals surface area contributed by atoms with Gasteiger partial charge in [-0.1, -0.05) is 6.07 Å². The molecule has 18 heavy (non-hydrogen) atoms. The van der Waals surface area contributed by atoms with Crippen LogP contribution in [0.2, 0.25) is 0 Å². The number of hydrogen-bond acceptors (Lipinski definition) is 3. The molecule has 4 nitrogen and oxygen atoms in total. The van der Waals surface area contributed by atoms with Crippen LogP contribution >= 0.6 is 0 Å². The Labute approximate surface area is 107 Å². The molecule has 0 saturated carbocycles. The Morgan fingerprint density at radius 2 is 2.28 bits per heavy atom. The second kappa shape index (κ2) is 5.87. The average molecular weight is 249 g/mol. The van der Waals surface area contributed by atoms with Crippen LogP contribution in [0, 0.1) is 0 Å². The summed E-state index contributed by atoms with van der Waals surface area (Å²) in [5.41, 5.74) is 2.47. The van der Waals surface area contributed by atoms with E-state index in [1.165, 1.54) is 18.2 Å².